The predicted molar refractivity (Wildman–Crippen MR) is 125 cm³/mol. The summed E-state index contributed by atoms with van der Waals surface area (Å²) in [6, 6.07) is 17.4. The van der Waals surface area contributed by atoms with Crippen LogP contribution in [0.4, 0.5) is 17.1 Å². The molecular formula is C25H22N6O. The van der Waals surface area contributed by atoms with E-state index in [-0.39, 0.29) is 11.5 Å². The number of anilines is 2. The number of aryl methyl sites for hydroxylation is 2. The smallest absolute Gasteiger partial charge is 0.250 e. The van der Waals surface area contributed by atoms with Crippen molar-refractivity contribution in [3.8, 4) is 16.8 Å². The first-order valence-corrected chi connectivity index (χ1v) is 10.4. The van der Waals surface area contributed by atoms with Crippen molar-refractivity contribution >= 4 is 17.1 Å². The van der Waals surface area contributed by atoms with E-state index in [2.05, 4.69) is 49.6 Å². The summed E-state index contributed by atoms with van der Waals surface area (Å²) in [4.78, 5) is 17.7. The van der Waals surface area contributed by atoms with Gasteiger partial charge in [0.25, 0.3) is 0 Å². The SMILES string of the molecule is [C-]#[N+]c1ccc(N2C[C@@H](C)c3nnc(C)n3-c3ccc(-c4ccc(=O)n(C)c4)cc32)cc1. The Morgan fingerprint density at radius 1 is 1.00 bits per heavy atom. The van der Waals surface area contributed by atoms with Gasteiger partial charge in [0.2, 0.25) is 5.56 Å². The van der Waals surface area contributed by atoms with Crippen LogP contribution in [0.15, 0.2) is 65.6 Å². The van der Waals surface area contributed by atoms with Crippen LogP contribution in [0.25, 0.3) is 21.7 Å². The number of hydrogen-bond acceptors (Lipinski definition) is 4. The average Bonchev–Trinajstić information content (AvgIpc) is 3.14. The van der Waals surface area contributed by atoms with Gasteiger partial charge in [0.05, 0.1) is 17.9 Å². The maximum absolute atomic E-state index is 11.9. The van der Waals surface area contributed by atoms with Gasteiger partial charge < -0.3 is 9.47 Å². The molecule has 0 N–H and O–H groups in total. The molecule has 32 heavy (non-hydrogen) atoms. The van der Waals surface area contributed by atoms with Crippen molar-refractivity contribution < 1.29 is 0 Å². The Labute approximate surface area is 186 Å². The molecule has 7 heteroatoms. The van der Waals surface area contributed by atoms with Crippen LogP contribution < -0.4 is 10.5 Å². The summed E-state index contributed by atoms with van der Waals surface area (Å²) in [7, 11) is 1.76. The number of fused-ring (bicyclic) bond motifs is 3. The van der Waals surface area contributed by atoms with Crippen LogP contribution in [0.1, 0.15) is 24.5 Å². The fourth-order valence-corrected chi connectivity index (χ4v) is 4.27. The van der Waals surface area contributed by atoms with Crippen LogP contribution in [-0.4, -0.2) is 25.9 Å². The molecule has 2 aromatic heterocycles. The van der Waals surface area contributed by atoms with E-state index in [1.807, 2.05) is 43.5 Å². The minimum atomic E-state index is -0.0383. The number of rotatable bonds is 2. The first kappa shape index (κ1) is 19.8. The van der Waals surface area contributed by atoms with Crippen molar-refractivity contribution in [3.63, 3.8) is 0 Å². The Morgan fingerprint density at radius 3 is 2.47 bits per heavy atom. The number of nitrogens with zero attached hydrogens (tertiary/aromatic N) is 6. The fraction of sp³-hybridized carbons (Fsp3) is 0.200. The van der Waals surface area contributed by atoms with Gasteiger partial charge in [-0.3, -0.25) is 9.36 Å². The van der Waals surface area contributed by atoms with Crippen molar-refractivity contribution in [3.05, 3.63) is 94.2 Å². The monoisotopic (exact) mass is 422 g/mol. The van der Waals surface area contributed by atoms with Gasteiger partial charge in [-0.15, -0.1) is 10.2 Å². The molecule has 5 rings (SSSR count). The molecule has 4 aromatic rings. The van der Waals surface area contributed by atoms with E-state index >= 15 is 0 Å². The maximum atomic E-state index is 11.9. The minimum Gasteiger partial charge on any atom is -0.339 e. The number of aromatic nitrogens is 4. The Balaban J connectivity index is 1.73. The molecule has 0 spiro atoms. The lowest BCUT2D eigenvalue weighted by Crippen LogP contribution is -2.22. The quantitative estimate of drug-likeness (QED) is 0.438. The molecule has 3 heterocycles. The molecule has 0 saturated carbocycles. The molecule has 0 saturated heterocycles. The molecule has 158 valence electrons. The zero-order chi connectivity index (χ0) is 22.4. The molecule has 1 aliphatic rings. The molecule has 2 aromatic carbocycles. The standard InChI is InChI=1S/C25H22N6O/c1-16-14-30(21-9-7-20(26-3)8-10-21)23-13-18(19-6-12-24(32)29(4)15-19)5-11-22(23)31-17(2)27-28-25(16)31/h5-13,15-16H,14H2,1-2,4H3/t16-/m1/s1. The second-order valence-corrected chi connectivity index (χ2v) is 8.15. The van der Waals surface area contributed by atoms with Gasteiger partial charge in [0.1, 0.15) is 11.6 Å². The molecule has 0 radical (unpaired) electrons. The van der Waals surface area contributed by atoms with E-state index in [4.69, 9.17) is 6.57 Å². The third kappa shape index (κ3) is 3.17. The molecule has 0 unspecified atom stereocenters. The molecule has 1 aliphatic heterocycles. The van der Waals surface area contributed by atoms with Gasteiger partial charge in [-0.05, 0) is 48.4 Å². The summed E-state index contributed by atoms with van der Waals surface area (Å²) in [5.41, 5.74) is 5.61. The van der Waals surface area contributed by atoms with Crippen molar-refractivity contribution in [1.29, 1.82) is 0 Å². The molecule has 1 atom stereocenters. The van der Waals surface area contributed by atoms with Crippen molar-refractivity contribution in [1.82, 2.24) is 19.3 Å². The first-order valence-electron chi connectivity index (χ1n) is 10.4. The highest BCUT2D eigenvalue weighted by molar-refractivity contribution is 5.79. The topological polar surface area (TPSA) is 60.3 Å². The zero-order valence-electron chi connectivity index (χ0n) is 18.1. The molecule has 7 nitrogen and oxygen atoms in total. The van der Waals surface area contributed by atoms with E-state index in [1.54, 1.807) is 17.7 Å². The Kier molecular flexibility index (Phi) is 4.63. The summed E-state index contributed by atoms with van der Waals surface area (Å²) in [5.74, 6) is 1.91. The van der Waals surface area contributed by atoms with Gasteiger partial charge in [-0.25, -0.2) is 4.85 Å². The fourth-order valence-electron chi connectivity index (χ4n) is 4.27. The Bertz CT molecular complexity index is 1420. The highest BCUT2D eigenvalue weighted by atomic mass is 16.1. The lowest BCUT2D eigenvalue weighted by molar-refractivity contribution is 0.696. The summed E-state index contributed by atoms with van der Waals surface area (Å²) < 4.78 is 3.71. The van der Waals surface area contributed by atoms with E-state index in [0.29, 0.717) is 5.69 Å². The van der Waals surface area contributed by atoms with Gasteiger partial charge in [0, 0.05) is 37.5 Å². The molecule has 0 fully saturated rings. The Morgan fingerprint density at radius 2 is 1.75 bits per heavy atom. The van der Waals surface area contributed by atoms with Crippen LogP contribution >= 0.6 is 0 Å². The van der Waals surface area contributed by atoms with Crippen molar-refractivity contribution in [2.45, 2.75) is 19.8 Å². The number of pyridine rings is 1. The average molecular weight is 422 g/mol. The summed E-state index contributed by atoms with van der Waals surface area (Å²) in [6.07, 6.45) is 1.85. The molecule has 0 amide bonds. The van der Waals surface area contributed by atoms with E-state index in [9.17, 15) is 4.79 Å². The predicted octanol–water partition coefficient (Wildman–Crippen LogP) is 4.75. The lowest BCUT2D eigenvalue weighted by atomic mass is 10.0. The van der Waals surface area contributed by atoms with Gasteiger partial charge in [0.15, 0.2) is 5.69 Å². The Hall–Kier alpha value is -4.18. The third-order valence-corrected chi connectivity index (χ3v) is 5.96. The van der Waals surface area contributed by atoms with Crippen LogP contribution in [0.2, 0.25) is 0 Å². The highest BCUT2D eigenvalue weighted by Crippen LogP contribution is 2.40. The van der Waals surface area contributed by atoms with Crippen LogP contribution in [0.5, 0.6) is 0 Å². The lowest BCUT2D eigenvalue weighted by Gasteiger charge is -2.27. The van der Waals surface area contributed by atoms with E-state index in [1.165, 1.54) is 0 Å². The third-order valence-electron chi connectivity index (χ3n) is 5.96. The van der Waals surface area contributed by atoms with E-state index < -0.39 is 0 Å². The maximum Gasteiger partial charge on any atom is 0.250 e. The van der Waals surface area contributed by atoms with E-state index in [0.717, 1.165) is 46.4 Å². The highest BCUT2D eigenvalue weighted by Gasteiger charge is 2.28. The van der Waals surface area contributed by atoms with Crippen LogP contribution in [0, 0.1) is 13.5 Å². The zero-order valence-corrected chi connectivity index (χ0v) is 18.1. The van der Waals surface area contributed by atoms with Crippen LogP contribution in [-0.2, 0) is 7.05 Å². The molecular weight excluding hydrogens is 400 g/mol. The second kappa shape index (κ2) is 7.50. The summed E-state index contributed by atoms with van der Waals surface area (Å²) >= 11 is 0. The van der Waals surface area contributed by atoms with Crippen LogP contribution in [0.3, 0.4) is 0 Å². The normalized spacial score (nSPS) is 14.9. The summed E-state index contributed by atoms with van der Waals surface area (Å²) in [5, 5.41) is 8.80. The molecule has 0 bridgehead atoms. The van der Waals surface area contributed by atoms with Crippen molar-refractivity contribution in [2.24, 2.45) is 7.05 Å². The van der Waals surface area contributed by atoms with Gasteiger partial charge in [-0.2, -0.15) is 0 Å². The van der Waals surface area contributed by atoms with Gasteiger partial charge in [-0.1, -0.05) is 25.1 Å². The molecule has 0 aliphatic carbocycles. The number of hydrogen-bond donors (Lipinski definition) is 0. The second-order valence-electron chi connectivity index (χ2n) is 8.15. The van der Waals surface area contributed by atoms with Crippen molar-refractivity contribution in [2.75, 3.05) is 11.4 Å². The summed E-state index contributed by atoms with van der Waals surface area (Å²) in [6.45, 7) is 12.1. The minimum absolute atomic E-state index is 0.0383. The van der Waals surface area contributed by atoms with Gasteiger partial charge >= 0.3 is 0 Å². The first-order chi connectivity index (χ1) is 15.5. The number of benzene rings is 2. The largest absolute Gasteiger partial charge is 0.339 e.